The summed E-state index contributed by atoms with van der Waals surface area (Å²) in [6, 6.07) is 12.0. The summed E-state index contributed by atoms with van der Waals surface area (Å²) in [4.78, 5) is 11.0. The van der Waals surface area contributed by atoms with E-state index in [1.54, 1.807) is 18.2 Å². The number of ether oxygens (including phenoxy) is 3. The molecule has 9 heteroatoms. The van der Waals surface area contributed by atoms with Gasteiger partial charge in [-0.3, -0.25) is 0 Å². The van der Waals surface area contributed by atoms with Gasteiger partial charge in [-0.2, -0.15) is 0 Å². The predicted molar refractivity (Wildman–Crippen MR) is 95.8 cm³/mol. The number of hydrogen-bond donors (Lipinski definition) is 2. The van der Waals surface area contributed by atoms with Gasteiger partial charge in [0, 0.05) is 6.07 Å². The molecule has 0 heterocycles. The molecule has 0 atom stereocenters. The second-order valence-corrected chi connectivity index (χ2v) is 7.51. The highest BCUT2D eigenvalue weighted by Gasteiger charge is 2.13. The number of benzene rings is 2. The van der Waals surface area contributed by atoms with Crippen LogP contribution in [-0.4, -0.2) is 57.0 Å². The van der Waals surface area contributed by atoms with Gasteiger partial charge in [0.25, 0.3) is 0 Å². The number of carboxylic acids is 1. The smallest absolute Gasteiger partial charge is 0.339 e. The molecular formula is C18H20O8S. The Bertz CT molecular complexity index is 849. The van der Waals surface area contributed by atoms with E-state index in [0.717, 1.165) is 0 Å². The molecule has 2 N–H and O–H groups in total. The van der Waals surface area contributed by atoms with Gasteiger partial charge < -0.3 is 24.4 Å². The molecular weight excluding hydrogens is 376 g/mol. The lowest BCUT2D eigenvalue weighted by molar-refractivity contribution is -0.0555. The number of hydrogen-bond acceptors (Lipinski definition) is 7. The normalized spacial score (nSPS) is 11.3. The molecule has 2 rings (SSSR count). The maximum Gasteiger partial charge on any atom is 0.339 e. The van der Waals surface area contributed by atoms with E-state index in [-0.39, 0.29) is 48.6 Å². The summed E-state index contributed by atoms with van der Waals surface area (Å²) in [5.74, 6) is -1.46. The molecule has 0 saturated carbocycles. The summed E-state index contributed by atoms with van der Waals surface area (Å²) < 4.78 is 39.7. The van der Waals surface area contributed by atoms with E-state index >= 15 is 0 Å². The van der Waals surface area contributed by atoms with Crippen molar-refractivity contribution in [1.29, 1.82) is 0 Å². The van der Waals surface area contributed by atoms with E-state index in [2.05, 4.69) is 0 Å². The average Bonchev–Trinajstić information content (AvgIpc) is 2.64. The second kappa shape index (κ2) is 9.91. The first-order valence-corrected chi connectivity index (χ1v) is 9.68. The van der Waals surface area contributed by atoms with Crippen molar-refractivity contribution in [1.82, 2.24) is 0 Å². The van der Waals surface area contributed by atoms with Crippen LogP contribution in [0.5, 0.6) is 11.5 Å². The third-order valence-corrected chi connectivity index (χ3v) is 5.16. The molecule has 27 heavy (non-hydrogen) atoms. The second-order valence-electron chi connectivity index (χ2n) is 5.40. The largest absolute Gasteiger partial charge is 0.507 e. The van der Waals surface area contributed by atoms with Crippen LogP contribution in [0.3, 0.4) is 0 Å². The van der Waals surface area contributed by atoms with Crippen LogP contribution < -0.4 is 4.74 Å². The minimum absolute atomic E-state index is 0.00259. The Morgan fingerprint density at radius 2 is 1.67 bits per heavy atom. The number of rotatable bonds is 11. The number of sulfone groups is 1. The standard InChI is InChI=1S/C18H20O8S/c19-17-12-14(6-7-16(17)18(20)21)26-9-8-24-13-25-10-11-27(22,23)15-4-2-1-3-5-15/h1-7,12,19H,8-11,13H2,(H,20,21). The first kappa shape index (κ1) is 20.7. The fourth-order valence-electron chi connectivity index (χ4n) is 2.09. The highest BCUT2D eigenvalue weighted by atomic mass is 32.2. The molecule has 0 unspecified atom stereocenters. The van der Waals surface area contributed by atoms with Crippen molar-refractivity contribution in [3.63, 3.8) is 0 Å². The summed E-state index contributed by atoms with van der Waals surface area (Å²) >= 11 is 0. The van der Waals surface area contributed by atoms with E-state index < -0.39 is 15.8 Å². The fraction of sp³-hybridized carbons (Fsp3) is 0.278. The molecule has 0 amide bonds. The number of carbonyl (C=O) groups is 1. The zero-order valence-corrected chi connectivity index (χ0v) is 15.2. The molecule has 0 bridgehead atoms. The molecule has 0 radical (unpaired) electrons. The van der Waals surface area contributed by atoms with Gasteiger partial charge in [-0.15, -0.1) is 0 Å². The van der Waals surface area contributed by atoms with Crippen LogP contribution in [0, 0.1) is 0 Å². The Morgan fingerprint density at radius 1 is 0.963 bits per heavy atom. The number of phenols is 1. The molecule has 0 fully saturated rings. The maximum atomic E-state index is 12.0. The van der Waals surface area contributed by atoms with Crippen LogP contribution in [0.15, 0.2) is 53.4 Å². The van der Waals surface area contributed by atoms with Gasteiger partial charge in [-0.25, -0.2) is 13.2 Å². The maximum absolute atomic E-state index is 12.0. The minimum atomic E-state index is -3.38. The van der Waals surface area contributed by atoms with Crippen molar-refractivity contribution in [2.24, 2.45) is 0 Å². The molecule has 0 saturated heterocycles. The van der Waals surface area contributed by atoms with Crippen molar-refractivity contribution < 1.29 is 37.6 Å². The van der Waals surface area contributed by atoms with E-state index in [9.17, 15) is 18.3 Å². The zero-order chi connectivity index (χ0) is 19.7. The lowest BCUT2D eigenvalue weighted by Gasteiger charge is -2.09. The Morgan fingerprint density at radius 3 is 2.33 bits per heavy atom. The molecule has 0 aliphatic rings. The SMILES string of the molecule is O=C(O)c1ccc(OCCOCOCCS(=O)(=O)c2ccccc2)cc1O. The van der Waals surface area contributed by atoms with Gasteiger partial charge in [-0.1, -0.05) is 18.2 Å². The number of aromatic hydroxyl groups is 1. The number of aromatic carboxylic acids is 1. The van der Waals surface area contributed by atoms with Crippen molar-refractivity contribution in [2.75, 3.05) is 32.4 Å². The van der Waals surface area contributed by atoms with E-state index in [1.165, 1.54) is 30.3 Å². The zero-order valence-electron chi connectivity index (χ0n) is 14.4. The van der Waals surface area contributed by atoms with Gasteiger partial charge in [0.2, 0.25) is 0 Å². The van der Waals surface area contributed by atoms with E-state index in [4.69, 9.17) is 19.3 Å². The lowest BCUT2D eigenvalue weighted by atomic mass is 10.2. The summed E-state index contributed by atoms with van der Waals surface area (Å²) in [7, 11) is -3.38. The minimum Gasteiger partial charge on any atom is -0.507 e. The van der Waals surface area contributed by atoms with Crippen molar-refractivity contribution in [3.05, 3.63) is 54.1 Å². The van der Waals surface area contributed by atoms with Crippen LogP contribution in [0.1, 0.15) is 10.4 Å². The Labute approximate surface area is 156 Å². The molecule has 8 nitrogen and oxygen atoms in total. The summed E-state index contributed by atoms with van der Waals surface area (Å²) in [5, 5.41) is 18.4. The summed E-state index contributed by atoms with van der Waals surface area (Å²) in [6.07, 6.45) is 0. The first-order chi connectivity index (χ1) is 12.9. The molecule has 0 aliphatic carbocycles. The third kappa shape index (κ3) is 6.55. The monoisotopic (exact) mass is 396 g/mol. The molecule has 2 aromatic carbocycles. The molecule has 146 valence electrons. The number of carboxylic acid groups (broad SMARTS) is 1. The van der Waals surface area contributed by atoms with Crippen LogP contribution in [0.4, 0.5) is 0 Å². The van der Waals surface area contributed by atoms with Gasteiger partial charge >= 0.3 is 5.97 Å². The highest BCUT2D eigenvalue weighted by Crippen LogP contribution is 2.23. The first-order valence-electron chi connectivity index (χ1n) is 8.02. The van der Waals surface area contributed by atoms with E-state index in [1.807, 2.05) is 0 Å². The van der Waals surface area contributed by atoms with Gasteiger partial charge in [-0.05, 0) is 24.3 Å². The van der Waals surface area contributed by atoms with E-state index in [0.29, 0.717) is 5.75 Å². The Balaban J connectivity index is 1.60. The molecule has 0 aliphatic heterocycles. The van der Waals surface area contributed by atoms with Crippen LogP contribution in [0.25, 0.3) is 0 Å². The topological polar surface area (TPSA) is 119 Å². The van der Waals surface area contributed by atoms with Crippen LogP contribution >= 0.6 is 0 Å². The van der Waals surface area contributed by atoms with Crippen molar-refractivity contribution >= 4 is 15.8 Å². The summed E-state index contributed by atoms with van der Waals surface area (Å²) in [6.45, 7) is 0.240. The lowest BCUT2D eigenvalue weighted by Crippen LogP contribution is -2.15. The predicted octanol–water partition coefficient (Wildman–Crippen LogP) is 1.93. The van der Waals surface area contributed by atoms with Gasteiger partial charge in [0.15, 0.2) is 9.84 Å². The van der Waals surface area contributed by atoms with Crippen molar-refractivity contribution in [3.8, 4) is 11.5 Å². The van der Waals surface area contributed by atoms with Crippen molar-refractivity contribution in [2.45, 2.75) is 4.90 Å². The fourth-order valence-corrected chi connectivity index (χ4v) is 3.24. The average molecular weight is 396 g/mol. The molecule has 0 spiro atoms. The third-order valence-electron chi connectivity index (χ3n) is 3.46. The quantitative estimate of drug-likeness (QED) is 0.437. The Kier molecular flexibility index (Phi) is 7.59. The summed E-state index contributed by atoms with van der Waals surface area (Å²) in [5.41, 5.74) is -0.211. The van der Waals surface area contributed by atoms with Gasteiger partial charge in [0.05, 0.1) is 23.9 Å². The van der Waals surface area contributed by atoms with Gasteiger partial charge in [0.1, 0.15) is 30.5 Å². The molecule has 0 aromatic heterocycles. The highest BCUT2D eigenvalue weighted by molar-refractivity contribution is 7.91. The van der Waals surface area contributed by atoms with Crippen LogP contribution in [-0.2, 0) is 19.3 Å². The Hall–Kier alpha value is -2.62. The van der Waals surface area contributed by atoms with Crippen LogP contribution in [0.2, 0.25) is 0 Å². The molecule has 2 aromatic rings.